The van der Waals surface area contributed by atoms with Crippen LogP contribution >= 0.6 is 0 Å². The fourth-order valence-electron chi connectivity index (χ4n) is 0.980. The number of hydrogen-bond donors (Lipinski definition) is 2. The molecule has 0 aromatic heterocycles. The van der Waals surface area contributed by atoms with Crippen LogP contribution in [0.1, 0.15) is 0 Å². The van der Waals surface area contributed by atoms with E-state index < -0.39 is 0 Å². The third-order valence-corrected chi connectivity index (χ3v) is 1.78. The fraction of sp³-hybridized carbons (Fsp3) is 0. The third kappa shape index (κ3) is 6.85. The van der Waals surface area contributed by atoms with Crippen LogP contribution in [0.4, 0.5) is 4.79 Å². The largest absolute Gasteiger partial charge is 0.323 e. The molecular weight excluding hydrogens is 224 g/mol. The maximum atomic E-state index is 11.6. The van der Waals surface area contributed by atoms with Gasteiger partial charge in [0.2, 0.25) is 0 Å². The van der Waals surface area contributed by atoms with Crippen molar-refractivity contribution in [3.05, 3.63) is 86.3 Å². The van der Waals surface area contributed by atoms with Crippen molar-refractivity contribution in [2.75, 3.05) is 0 Å². The monoisotopic (exact) mass is 242 g/mol. The van der Waals surface area contributed by atoms with Gasteiger partial charge < -0.3 is 10.6 Å². The van der Waals surface area contributed by atoms with Crippen molar-refractivity contribution >= 4 is 6.03 Å². The second kappa shape index (κ2) is 9.66. The molecule has 0 aliphatic rings. The van der Waals surface area contributed by atoms with Crippen molar-refractivity contribution in [1.82, 2.24) is 10.6 Å². The van der Waals surface area contributed by atoms with Gasteiger partial charge in [0.15, 0.2) is 0 Å². The van der Waals surface area contributed by atoms with Crippen LogP contribution in [0.2, 0.25) is 0 Å². The summed E-state index contributed by atoms with van der Waals surface area (Å²) in [5.74, 6) is 0. The van der Waals surface area contributed by atoms with Crippen molar-refractivity contribution in [2.24, 2.45) is 0 Å². The zero-order valence-electron chi connectivity index (χ0n) is 10.4. The molecule has 0 fully saturated rings. The number of hydrogen-bond acceptors (Lipinski definition) is 1. The molecule has 0 atom stereocenters. The van der Waals surface area contributed by atoms with Crippen molar-refractivity contribution in [1.29, 1.82) is 0 Å². The Labute approximate surface area is 108 Å². The van der Waals surface area contributed by atoms with Crippen LogP contribution in [0.3, 0.4) is 0 Å². The van der Waals surface area contributed by atoms with E-state index in [-0.39, 0.29) is 6.03 Å². The lowest BCUT2D eigenvalue weighted by Gasteiger charge is -2.07. The second-order valence-electron chi connectivity index (χ2n) is 3.09. The summed E-state index contributed by atoms with van der Waals surface area (Å²) in [7, 11) is 0. The maximum absolute atomic E-state index is 11.6. The predicted octanol–water partition coefficient (Wildman–Crippen LogP) is 3.35. The smallest absolute Gasteiger partial charge is 0.308 e. The van der Waals surface area contributed by atoms with E-state index >= 15 is 0 Å². The summed E-state index contributed by atoms with van der Waals surface area (Å²) in [6.07, 6.45) is 13.1. The number of amides is 2. The molecule has 94 valence electrons. The van der Waals surface area contributed by atoms with Crippen LogP contribution < -0.4 is 10.6 Å². The first-order valence-corrected chi connectivity index (χ1v) is 5.33. The molecule has 0 unspecified atom stereocenters. The Kier molecular flexibility index (Phi) is 8.29. The first kappa shape index (κ1) is 15.5. The summed E-state index contributed by atoms with van der Waals surface area (Å²) >= 11 is 0. The molecule has 0 rings (SSSR count). The van der Waals surface area contributed by atoms with Gasteiger partial charge in [-0.05, 0) is 24.3 Å². The molecule has 0 saturated carbocycles. The van der Waals surface area contributed by atoms with Gasteiger partial charge in [0.05, 0.1) is 0 Å². The lowest BCUT2D eigenvalue weighted by atomic mass is 10.3. The standard InChI is InChI=1S/C15H18N2O/c1-5-9-10-12-14(8-4)17-15(18)16-13(7-3)11-6-2/h5-12H,1-4H2,(H2,16,17,18)/b10-9-,13-11+,14-12+. The van der Waals surface area contributed by atoms with E-state index in [1.54, 1.807) is 36.5 Å². The summed E-state index contributed by atoms with van der Waals surface area (Å²) in [5, 5.41) is 5.25. The van der Waals surface area contributed by atoms with Crippen molar-refractivity contribution in [3.63, 3.8) is 0 Å². The molecule has 2 amide bonds. The van der Waals surface area contributed by atoms with E-state index in [9.17, 15) is 4.79 Å². The molecule has 0 radical (unpaired) electrons. The number of rotatable bonds is 7. The Balaban J connectivity index is 4.57. The van der Waals surface area contributed by atoms with Crippen molar-refractivity contribution < 1.29 is 4.79 Å². The van der Waals surface area contributed by atoms with Crippen LogP contribution in [-0.2, 0) is 0 Å². The molecule has 0 saturated heterocycles. The van der Waals surface area contributed by atoms with Crippen LogP contribution in [0.15, 0.2) is 86.3 Å². The molecule has 0 heterocycles. The molecule has 0 aromatic rings. The van der Waals surface area contributed by atoms with E-state index in [4.69, 9.17) is 0 Å². The van der Waals surface area contributed by atoms with Gasteiger partial charge in [-0.2, -0.15) is 0 Å². The molecule has 3 nitrogen and oxygen atoms in total. The van der Waals surface area contributed by atoms with E-state index in [0.29, 0.717) is 11.4 Å². The number of nitrogens with one attached hydrogen (secondary N) is 2. The Morgan fingerprint density at radius 1 is 0.778 bits per heavy atom. The Morgan fingerprint density at radius 3 is 1.78 bits per heavy atom. The number of carbonyl (C=O) groups is 1. The van der Waals surface area contributed by atoms with Gasteiger partial charge >= 0.3 is 6.03 Å². The zero-order chi connectivity index (χ0) is 13.8. The minimum atomic E-state index is -0.374. The van der Waals surface area contributed by atoms with Crippen molar-refractivity contribution in [2.45, 2.75) is 0 Å². The molecule has 0 aliphatic heterocycles. The van der Waals surface area contributed by atoms with Crippen LogP contribution in [-0.4, -0.2) is 6.03 Å². The second-order valence-corrected chi connectivity index (χ2v) is 3.09. The maximum Gasteiger partial charge on any atom is 0.323 e. The third-order valence-electron chi connectivity index (χ3n) is 1.78. The van der Waals surface area contributed by atoms with Gasteiger partial charge in [0, 0.05) is 11.4 Å². The highest BCUT2D eigenvalue weighted by atomic mass is 16.2. The number of carbonyl (C=O) groups excluding carboxylic acids is 1. The molecule has 0 aromatic carbocycles. The van der Waals surface area contributed by atoms with E-state index in [1.165, 1.54) is 12.2 Å². The normalized spacial score (nSPS) is 11.8. The summed E-state index contributed by atoms with van der Waals surface area (Å²) in [6, 6.07) is -0.374. The number of urea groups is 1. The minimum absolute atomic E-state index is 0.374. The van der Waals surface area contributed by atoms with Gasteiger partial charge in [-0.15, -0.1) is 0 Å². The van der Waals surface area contributed by atoms with E-state index in [2.05, 4.69) is 36.9 Å². The van der Waals surface area contributed by atoms with E-state index in [1.807, 2.05) is 0 Å². The lowest BCUT2D eigenvalue weighted by molar-refractivity contribution is 0.246. The average Bonchev–Trinajstić information content (AvgIpc) is 2.37. The van der Waals surface area contributed by atoms with Crippen LogP contribution in [0, 0.1) is 0 Å². The van der Waals surface area contributed by atoms with Gasteiger partial charge in [0.25, 0.3) is 0 Å². The van der Waals surface area contributed by atoms with Crippen molar-refractivity contribution in [3.8, 4) is 0 Å². The summed E-state index contributed by atoms with van der Waals surface area (Å²) in [6.45, 7) is 14.3. The quantitative estimate of drug-likeness (QED) is 0.660. The Hall–Kier alpha value is -2.55. The van der Waals surface area contributed by atoms with Crippen LogP contribution in [0.25, 0.3) is 0 Å². The topological polar surface area (TPSA) is 41.1 Å². The Bertz CT molecular complexity index is 426. The van der Waals surface area contributed by atoms with Gasteiger partial charge in [-0.1, -0.05) is 50.6 Å². The summed E-state index contributed by atoms with van der Waals surface area (Å²) in [5.41, 5.74) is 1.14. The molecule has 2 N–H and O–H groups in total. The SMILES string of the molecule is C=C/C=C\C=C(/C=C)NC(=O)N/C(C=C)=C/C=C. The van der Waals surface area contributed by atoms with E-state index in [0.717, 1.165) is 0 Å². The zero-order valence-corrected chi connectivity index (χ0v) is 10.4. The molecule has 3 heteroatoms. The minimum Gasteiger partial charge on any atom is -0.308 e. The average molecular weight is 242 g/mol. The van der Waals surface area contributed by atoms with Gasteiger partial charge in [-0.3, -0.25) is 0 Å². The first-order valence-electron chi connectivity index (χ1n) is 5.33. The molecule has 18 heavy (non-hydrogen) atoms. The highest BCUT2D eigenvalue weighted by molar-refractivity contribution is 5.78. The molecule has 0 aliphatic carbocycles. The molecule has 0 spiro atoms. The predicted molar refractivity (Wildman–Crippen MR) is 77.8 cm³/mol. The first-order chi connectivity index (χ1) is 8.67. The summed E-state index contributed by atoms with van der Waals surface area (Å²) in [4.78, 5) is 11.6. The Morgan fingerprint density at radius 2 is 1.33 bits per heavy atom. The fourth-order valence-corrected chi connectivity index (χ4v) is 0.980. The summed E-state index contributed by atoms with van der Waals surface area (Å²) < 4.78 is 0. The van der Waals surface area contributed by atoms with Crippen LogP contribution in [0.5, 0.6) is 0 Å². The molecular formula is C15H18N2O. The highest BCUT2D eigenvalue weighted by Crippen LogP contribution is 1.94. The van der Waals surface area contributed by atoms with Gasteiger partial charge in [0.1, 0.15) is 0 Å². The number of allylic oxidation sites excluding steroid dienone is 8. The lowest BCUT2D eigenvalue weighted by Crippen LogP contribution is -2.33. The van der Waals surface area contributed by atoms with Gasteiger partial charge in [-0.25, -0.2) is 4.79 Å². The highest BCUT2D eigenvalue weighted by Gasteiger charge is 2.01. The molecule has 0 bridgehead atoms.